The van der Waals surface area contributed by atoms with Crippen LogP contribution in [-0.4, -0.2) is 139 Å². The van der Waals surface area contributed by atoms with Gasteiger partial charge >= 0.3 is 11.9 Å². The first-order chi connectivity index (χ1) is 45.2. The van der Waals surface area contributed by atoms with Crippen molar-refractivity contribution in [3.05, 3.63) is 287 Å². The van der Waals surface area contributed by atoms with E-state index in [0.717, 1.165) is 33.4 Å². The highest BCUT2D eigenvalue weighted by atomic mass is 16.8. The lowest BCUT2D eigenvalue weighted by Crippen LogP contribution is -2.64. The molecule has 3 saturated heterocycles. The van der Waals surface area contributed by atoms with Crippen molar-refractivity contribution < 1.29 is 86.5 Å². The van der Waals surface area contributed by atoms with Gasteiger partial charge in [0.05, 0.1) is 64.0 Å². The third-order valence-corrected chi connectivity index (χ3v) is 16.0. The van der Waals surface area contributed by atoms with Crippen LogP contribution in [0, 0.1) is 0 Å². The van der Waals surface area contributed by atoms with E-state index in [4.69, 9.17) is 61.6 Å². The van der Waals surface area contributed by atoms with Gasteiger partial charge in [0.1, 0.15) is 73.8 Å². The Morgan fingerprint density at radius 1 is 0.293 bits per heavy atom. The molecule has 0 spiro atoms. The summed E-state index contributed by atoms with van der Waals surface area (Å²) < 4.78 is 86.2. The summed E-state index contributed by atoms with van der Waals surface area (Å²) in [5.74, 6) is -1.34. The molecular weight excluding hydrogens is 1180 g/mol. The van der Waals surface area contributed by atoms with E-state index in [1.54, 1.807) is 60.7 Å². The van der Waals surface area contributed by atoms with Crippen LogP contribution in [0.3, 0.4) is 0 Å². The molecule has 18 nitrogen and oxygen atoms in total. The number of ether oxygens (including phenoxy) is 13. The molecule has 3 heterocycles. The molecule has 0 bridgehead atoms. The number of rotatable bonds is 29. The third-order valence-electron chi connectivity index (χ3n) is 16.0. The molecule has 3 fully saturated rings. The summed E-state index contributed by atoms with van der Waals surface area (Å²) in [4.78, 5) is 28.3. The highest BCUT2D eigenvalue weighted by Gasteiger charge is 2.54. The molecule has 8 aromatic carbocycles. The maximum Gasteiger partial charge on any atom is 0.338 e. The zero-order valence-corrected chi connectivity index (χ0v) is 50.6. The number of esters is 2. The van der Waals surface area contributed by atoms with Crippen LogP contribution in [0.15, 0.2) is 243 Å². The summed E-state index contributed by atoms with van der Waals surface area (Å²) in [6.07, 6.45) is -19.4. The molecule has 15 atom stereocenters. The van der Waals surface area contributed by atoms with Gasteiger partial charge in [0.25, 0.3) is 0 Å². The van der Waals surface area contributed by atoms with E-state index in [1.807, 2.05) is 182 Å². The summed E-state index contributed by atoms with van der Waals surface area (Å²) in [7, 11) is 0. The van der Waals surface area contributed by atoms with Gasteiger partial charge in [0.2, 0.25) is 0 Å². The van der Waals surface area contributed by atoms with Crippen LogP contribution in [0.5, 0.6) is 0 Å². The summed E-state index contributed by atoms with van der Waals surface area (Å²) in [5.41, 5.74) is 5.40. The standard InChI is InChI=1S/C74H76O18/c75-61-66(83-44-53-31-15-4-16-32-53)63(80-41-50-25-9-1-10-26-50)58(89-72(61)79)48-87-73-62(76)67(84-45-54-33-17-5-18-34-54)64(81-42-51-27-11-2-12-28-51)60(90-73)49-88-74-69(92-71(78)57-39-23-8-24-40-57)68(85-46-55-35-19-6-20-36-55)65(82-43-52-29-13-3-14-30-52)59(91-74)47-86-70(77)56-37-21-7-22-38-56/h1-40,58-69,72-76,79H,41-49H2/t58-,59-,60-,61+,62+,63-,64-,65-,66-,67-,68+,69+,72+,73+,74+/m1/s1. The summed E-state index contributed by atoms with van der Waals surface area (Å²) in [5, 5.41) is 35.6. The van der Waals surface area contributed by atoms with E-state index >= 15 is 0 Å². The smallest absolute Gasteiger partial charge is 0.338 e. The highest BCUT2D eigenvalue weighted by molar-refractivity contribution is 5.90. The second kappa shape index (κ2) is 33.6. The zero-order valence-electron chi connectivity index (χ0n) is 50.6. The Labute approximate surface area is 534 Å². The molecule has 0 amide bonds. The van der Waals surface area contributed by atoms with Gasteiger partial charge < -0.3 is 76.9 Å². The van der Waals surface area contributed by atoms with Crippen molar-refractivity contribution in [3.63, 3.8) is 0 Å². The topological polar surface area (TPSA) is 215 Å². The van der Waals surface area contributed by atoms with Crippen LogP contribution in [0.25, 0.3) is 0 Å². The van der Waals surface area contributed by atoms with Crippen LogP contribution >= 0.6 is 0 Å². The Morgan fingerprint density at radius 2 is 0.587 bits per heavy atom. The lowest BCUT2D eigenvalue weighted by molar-refractivity contribution is -0.352. The van der Waals surface area contributed by atoms with Gasteiger partial charge in [0, 0.05) is 0 Å². The Hall–Kier alpha value is -7.86. The second-order valence-electron chi connectivity index (χ2n) is 22.6. The Kier molecular flexibility index (Phi) is 24.0. The van der Waals surface area contributed by atoms with Gasteiger partial charge in [-0.2, -0.15) is 0 Å². The van der Waals surface area contributed by atoms with E-state index < -0.39 is 111 Å². The van der Waals surface area contributed by atoms with Crippen molar-refractivity contribution in [2.45, 2.75) is 132 Å². The minimum atomic E-state index is -1.73. The maximum absolute atomic E-state index is 14.5. The van der Waals surface area contributed by atoms with Gasteiger partial charge in [-0.05, 0) is 57.6 Å². The van der Waals surface area contributed by atoms with Crippen molar-refractivity contribution in [3.8, 4) is 0 Å². The summed E-state index contributed by atoms with van der Waals surface area (Å²) >= 11 is 0. The van der Waals surface area contributed by atoms with Crippen molar-refractivity contribution in [2.75, 3.05) is 19.8 Å². The molecule has 3 N–H and O–H groups in total. The molecule has 0 unspecified atom stereocenters. The van der Waals surface area contributed by atoms with E-state index in [0.29, 0.717) is 5.56 Å². The number of hydrogen-bond donors (Lipinski definition) is 3. The Balaban J connectivity index is 0.937. The molecule has 0 aliphatic carbocycles. The predicted octanol–water partition coefficient (Wildman–Crippen LogP) is 9.50. The van der Waals surface area contributed by atoms with Crippen molar-refractivity contribution in [1.82, 2.24) is 0 Å². The average Bonchev–Trinajstić information content (AvgIpc) is 1.09. The summed E-state index contributed by atoms with van der Waals surface area (Å²) in [6, 6.07) is 73.7. The molecule has 11 rings (SSSR count). The molecule has 0 radical (unpaired) electrons. The van der Waals surface area contributed by atoms with E-state index in [-0.39, 0.29) is 58.4 Å². The normalized spacial score (nSPS) is 26.4. The Morgan fingerprint density at radius 3 is 0.989 bits per heavy atom. The van der Waals surface area contributed by atoms with Crippen molar-refractivity contribution in [2.24, 2.45) is 0 Å². The fourth-order valence-electron chi connectivity index (χ4n) is 11.2. The average molecular weight is 1250 g/mol. The number of hydrogen-bond acceptors (Lipinski definition) is 18. The van der Waals surface area contributed by atoms with Crippen LogP contribution in [0.4, 0.5) is 0 Å². The molecule has 92 heavy (non-hydrogen) atoms. The third kappa shape index (κ3) is 18.0. The van der Waals surface area contributed by atoms with Crippen LogP contribution in [-0.2, 0) is 101 Å². The molecule has 3 aliphatic heterocycles. The SMILES string of the molecule is O=C(OC[C@H]1O[C@H](OC[C@H]2O[C@H](OC[C@H]3O[C@H](O)[C@@H](O)[C@@H](OCc4ccccc4)[C@@H]3OCc3ccccc3)[C@@H](O)[C@@H](OCc3ccccc3)[C@@H]2OCc2ccccc2)[C@@H](OC(=O)c2ccccc2)[C@@H](OCc2ccccc2)[C@@H]1OCc1ccccc1)c1ccccc1. The lowest BCUT2D eigenvalue weighted by atomic mass is 9.96. The Bertz CT molecular complexity index is 3420. The lowest BCUT2D eigenvalue weighted by Gasteiger charge is -2.47. The van der Waals surface area contributed by atoms with Crippen LogP contribution < -0.4 is 0 Å². The van der Waals surface area contributed by atoms with Crippen LogP contribution in [0.2, 0.25) is 0 Å². The van der Waals surface area contributed by atoms with E-state index in [1.165, 1.54) is 0 Å². The first-order valence-corrected chi connectivity index (χ1v) is 30.9. The predicted molar refractivity (Wildman–Crippen MR) is 335 cm³/mol. The number of aliphatic hydroxyl groups is 3. The minimum absolute atomic E-state index is 0.0244. The first kappa shape index (κ1) is 65.6. The fraction of sp³-hybridized carbons (Fsp3) is 0.324. The number of carbonyl (C=O) groups is 2. The monoisotopic (exact) mass is 1250 g/mol. The molecular formula is C74H76O18. The molecule has 8 aromatic rings. The second-order valence-corrected chi connectivity index (χ2v) is 22.6. The molecule has 18 heteroatoms. The van der Waals surface area contributed by atoms with Gasteiger partial charge in [0.15, 0.2) is 25.0 Å². The van der Waals surface area contributed by atoms with Gasteiger partial charge in [-0.1, -0.05) is 218 Å². The number of benzene rings is 8. The molecule has 0 saturated carbocycles. The van der Waals surface area contributed by atoms with E-state index in [2.05, 4.69) is 0 Å². The molecule has 0 aromatic heterocycles. The quantitative estimate of drug-likeness (QED) is 0.0372. The van der Waals surface area contributed by atoms with Crippen LogP contribution in [0.1, 0.15) is 54.1 Å². The highest BCUT2D eigenvalue weighted by Crippen LogP contribution is 2.36. The largest absolute Gasteiger partial charge is 0.459 e. The first-order valence-electron chi connectivity index (χ1n) is 30.9. The van der Waals surface area contributed by atoms with Crippen molar-refractivity contribution >= 4 is 11.9 Å². The zero-order chi connectivity index (χ0) is 63.3. The number of carbonyl (C=O) groups excluding carboxylic acids is 2. The summed E-state index contributed by atoms with van der Waals surface area (Å²) in [6.45, 7) is -0.833. The van der Waals surface area contributed by atoms with Gasteiger partial charge in [-0.25, -0.2) is 9.59 Å². The molecule has 3 aliphatic rings. The maximum atomic E-state index is 14.5. The van der Waals surface area contributed by atoms with Crippen molar-refractivity contribution in [1.29, 1.82) is 0 Å². The number of aliphatic hydroxyl groups excluding tert-OH is 3. The fourth-order valence-corrected chi connectivity index (χ4v) is 11.2. The molecule has 480 valence electrons. The van der Waals surface area contributed by atoms with Gasteiger partial charge in [-0.15, -0.1) is 0 Å². The van der Waals surface area contributed by atoms with Gasteiger partial charge in [-0.3, -0.25) is 0 Å². The minimum Gasteiger partial charge on any atom is -0.459 e. The van der Waals surface area contributed by atoms with E-state index in [9.17, 15) is 24.9 Å².